The standard InChI is InChI=1S/C19H23N5O2/c1-26-12-9-21-19(25)14(13-20)17-18(24-10-5-2-6-11-24)23-16-8-4-3-7-15(16)22-17/h3-4,7-8,14H,2,5-6,9-12H2,1H3,(H,21,25)/t14-/m0/s1. The largest absolute Gasteiger partial charge is 0.383 e. The minimum Gasteiger partial charge on any atom is -0.383 e. The Morgan fingerprint density at radius 2 is 1.96 bits per heavy atom. The molecular formula is C19H23N5O2. The van der Waals surface area contributed by atoms with Gasteiger partial charge in [0.1, 0.15) is 5.69 Å². The molecule has 1 aromatic heterocycles. The minimum absolute atomic E-state index is 0.355. The van der Waals surface area contributed by atoms with Crippen molar-refractivity contribution in [2.24, 2.45) is 0 Å². The number of hydrogen-bond donors (Lipinski definition) is 1. The fourth-order valence-corrected chi connectivity index (χ4v) is 3.16. The van der Waals surface area contributed by atoms with E-state index < -0.39 is 5.92 Å². The molecule has 1 amide bonds. The van der Waals surface area contributed by atoms with Crippen LogP contribution in [0.2, 0.25) is 0 Å². The highest BCUT2D eigenvalue weighted by molar-refractivity contribution is 5.88. The van der Waals surface area contributed by atoms with Crippen molar-refractivity contribution in [1.82, 2.24) is 15.3 Å². The van der Waals surface area contributed by atoms with E-state index in [4.69, 9.17) is 9.72 Å². The lowest BCUT2D eigenvalue weighted by Gasteiger charge is -2.29. The first kappa shape index (κ1) is 18.1. The number of methoxy groups -OCH3 is 1. The first-order chi connectivity index (χ1) is 12.7. The number of aromatic nitrogens is 2. The highest BCUT2D eigenvalue weighted by Crippen LogP contribution is 2.29. The van der Waals surface area contributed by atoms with Crippen LogP contribution in [-0.4, -0.2) is 49.2 Å². The summed E-state index contributed by atoms with van der Waals surface area (Å²) in [7, 11) is 1.57. The maximum atomic E-state index is 12.5. The second kappa shape index (κ2) is 8.59. The lowest BCUT2D eigenvalue weighted by atomic mass is 10.0. The van der Waals surface area contributed by atoms with E-state index in [0.717, 1.165) is 31.4 Å². The summed E-state index contributed by atoms with van der Waals surface area (Å²) in [6.45, 7) is 2.48. The van der Waals surface area contributed by atoms with Crippen LogP contribution < -0.4 is 10.2 Å². The molecule has 2 aromatic rings. The zero-order valence-electron chi connectivity index (χ0n) is 14.9. The number of rotatable bonds is 6. The molecule has 1 atom stereocenters. The fraction of sp³-hybridized carbons (Fsp3) is 0.474. The van der Waals surface area contributed by atoms with Crippen molar-refractivity contribution in [3.63, 3.8) is 0 Å². The van der Waals surface area contributed by atoms with Crippen molar-refractivity contribution in [3.05, 3.63) is 30.0 Å². The van der Waals surface area contributed by atoms with E-state index in [1.165, 1.54) is 6.42 Å². The van der Waals surface area contributed by atoms with Crippen molar-refractivity contribution in [2.75, 3.05) is 38.3 Å². The summed E-state index contributed by atoms with van der Waals surface area (Å²) in [5, 5.41) is 12.4. The summed E-state index contributed by atoms with van der Waals surface area (Å²) < 4.78 is 4.95. The van der Waals surface area contributed by atoms with Crippen LogP contribution in [-0.2, 0) is 9.53 Å². The molecule has 0 aliphatic carbocycles. The van der Waals surface area contributed by atoms with Crippen LogP contribution in [0.15, 0.2) is 24.3 Å². The Labute approximate surface area is 153 Å². The first-order valence-corrected chi connectivity index (χ1v) is 8.92. The van der Waals surface area contributed by atoms with Gasteiger partial charge in [0.15, 0.2) is 11.7 Å². The number of ether oxygens (including phenoxy) is 1. The Hall–Kier alpha value is -2.72. The summed E-state index contributed by atoms with van der Waals surface area (Å²) in [6, 6.07) is 9.65. The zero-order chi connectivity index (χ0) is 18.4. The van der Waals surface area contributed by atoms with E-state index in [1.54, 1.807) is 7.11 Å². The quantitative estimate of drug-likeness (QED) is 0.799. The van der Waals surface area contributed by atoms with Crippen LogP contribution in [0.4, 0.5) is 5.82 Å². The van der Waals surface area contributed by atoms with E-state index >= 15 is 0 Å². The predicted molar refractivity (Wildman–Crippen MR) is 98.8 cm³/mol. The fourth-order valence-electron chi connectivity index (χ4n) is 3.16. The summed E-state index contributed by atoms with van der Waals surface area (Å²) in [5.41, 5.74) is 1.89. The first-order valence-electron chi connectivity index (χ1n) is 8.92. The second-order valence-corrected chi connectivity index (χ2v) is 6.31. The third kappa shape index (κ3) is 3.92. The van der Waals surface area contributed by atoms with Gasteiger partial charge in [-0.2, -0.15) is 5.26 Å². The maximum absolute atomic E-state index is 12.5. The monoisotopic (exact) mass is 353 g/mol. The molecule has 1 fully saturated rings. The molecule has 2 heterocycles. The number of nitrogens with one attached hydrogen (secondary N) is 1. The van der Waals surface area contributed by atoms with Gasteiger partial charge in [0.25, 0.3) is 0 Å². The van der Waals surface area contributed by atoms with Crippen LogP contribution in [0.3, 0.4) is 0 Å². The van der Waals surface area contributed by atoms with Crippen molar-refractivity contribution in [1.29, 1.82) is 5.26 Å². The number of hydrogen-bond acceptors (Lipinski definition) is 6. The van der Waals surface area contributed by atoms with Gasteiger partial charge in [-0.15, -0.1) is 0 Å². The molecule has 136 valence electrons. The number of para-hydroxylation sites is 2. The Balaban J connectivity index is 2.00. The number of amides is 1. The van der Waals surface area contributed by atoms with Crippen molar-refractivity contribution < 1.29 is 9.53 Å². The van der Waals surface area contributed by atoms with E-state index in [2.05, 4.69) is 21.3 Å². The lowest BCUT2D eigenvalue weighted by Crippen LogP contribution is -2.35. The van der Waals surface area contributed by atoms with Gasteiger partial charge < -0.3 is 15.0 Å². The molecule has 1 aliphatic rings. The van der Waals surface area contributed by atoms with E-state index in [-0.39, 0.29) is 5.91 Å². The number of piperidine rings is 1. The van der Waals surface area contributed by atoms with Crippen LogP contribution in [0, 0.1) is 11.3 Å². The molecule has 0 radical (unpaired) electrons. The molecule has 1 aliphatic heterocycles. The normalized spacial score (nSPS) is 15.5. The van der Waals surface area contributed by atoms with Gasteiger partial charge in [-0.05, 0) is 31.4 Å². The lowest BCUT2D eigenvalue weighted by molar-refractivity contribution is -0.121. The van der Waals surface area contributed by atoms with Gasteiger partial charge in [0.2, 0.25) is 5.91 Å². The van der Waals surface area contributed by atoms with Gasteiger partial charge in [-0.3, -0.25) is 4.79 Å². The zero-order valence-corrected chi connectivity index (χ0v) is 14.9. The van der Waals surface area contributed by atoms with Gasteiger partial charge in [-0.25, -0.2) is 9.97 Å². The highest BCUT2D eigenvalue weighted by Gasteiger charge is 2.29. The van der Waals surface area contributed by atoms with Crippen molar-refractivity contribution in [2.45, 2.75) is 25.2 Å². The number of nitrogens with zero attached hydrogens (tertiary/aromatic N) is 4. The maximum Gasteiger partial charge on any atom is 0.243 e. The number of carbonyl (C=O) groups is 1. The number of carbonyl (C=O) groups excluding carboxylic acids is 1. The Morgan fingerprint density at radius 1 is 1.27 bits per heavy atom. The molecule has 1 N–H and O–H groups in total. The molecule has 7 nitrogen and oxygen atoms in total. The third-order valence-corrected chi connectivity index (χ3v) is 4.50. The smallest absolute Gasteiger partial charge is 0.243 e. The molecule has 0 bridgehead atoms. The molecule has 3 rings (SSSR count). The number of nitriles is 1. The van der Waals surface area contributed by atoms with Gasteiger partial charge in [0, 0.05) is 26.7 Å². The second-order valence-electron chi connectivity index (χ2n) is 6.31. The molecule has 0 unspecified atom stereocenters. The Morgan fingerprint density at radius 3 is 2.62 bits per heavy atom. The highest BCUT2D eigenvalue weighted by atomic mass is 16.5. The Bertz CT molecular complexity index is 811. The van der Waals surface area contributed by atoms with Crippen LogP contribution in [0.25, 0.3) is 11.0 Å². The number of anilines is 1. The van der Waals surface area contributed by atoms with Crippen LogP contribution >= 0.6 is 0 Å². The summed E-state index contributed by atoms with van der Waals surface area (Å²) >= 11 is 0. The SMILES string of the molecule is COCCNC(=O)[C@@H](C#N)c1nc2ccccc2nc1N1CCCCC1. The Kier molecular flexibility index (Phi) is 5.97. The summed E-state index contributed by atoms with van der Waals surface area (Å²) in [6.07, 6.45) is 3.34. The van der Waals surface area contributed by atoms with Gasteiger partial charge in [0.05, 0.1) is 23.7 Å². The van der Waals surface area contributed by atoms with E-state index in [0.29, 0.717) is 30.2 Å². The van der Waals surface area contributed by atoms with Crippen molar-refractivity contribution in [3.8, 4) is 6.07 Å². The summed E-state index contributed by atoms with van der Waals surface area (Å²) in [5.74, 6) is -0.717. The van der Waals surface area contributed by atoms with Crippen LogP contribution in [0.1, 0.15) is 30.9 Å². The van der Waals surface area contributed by atoms with E-state index in [1.807, 2.05) is 24.3 Å². The molecule has 7 heteroatoms. The molecule has 0 saturated carbocycles. The molecule has 26 heavy (non-hydrogen) atoms. The summed E-state index contributed by atoms with van der Waals surface area (Å²) in [4.78, 5) is 24.1. The van der Waals surface area contributed by atoms with Crippen LogP contribution in [0.5, 0.6) is 0 Å². The van der Waals surface area contributed by atoms with Crippen molar-refractivity contribution >= 4 is 22.8 Å². The molecule has 1 saturated heterocycles. The number of fused-ring (bicyclic) bond motifs is 1. The van der Waals surface area contributed by atoms with E-state index in [9.17, 15) is 10.1 Å². The topological polar surface area (TPSA) is 91.1 Å². The molecule has 1 aromatic carbocycles. The molecular weight excluding hydrogens is 330 g/mol. The average Bonchev–Trinajstić information content (AvgIpc) is 2.69. The van der Waals surface area contributed by atoms with Gasteiger partial charge >= 0.3 is 0 Å². The number of benzene rings is 1. The average molecular weight is 353 g/mol. The van der Waals surface area contributed by atoms with Gasteiger partial charge in [-0.1, -0.05) is 12.1 Å². The third-order valence-electron chi connectivity index (χ3n) is 4.50. The predicted octanol–water partition coefficient (Wildman–Crippen LogP) is 1.99. The minimum atomic E-state index is -0.999. The molecule has 0 spiro atoms.